The van der Waals surface area contributed by atoms with Crippen LogP contribution < -0.4 is 20.1 Å². The van der Waals surface area contributed by atoms with E-state index in [0.29, 0.717) is 22.9 Å². The van der Waals surface area contributed by atoms with E-state index in [1.54, 1.807) is 18.2 Å². The predicted octanol–water partition coefficient (Wildman–Crippen LogP) is 4.39. The molecule has 3 aromatic rings. The summed E-state index contributed by atoms with van der Waals surface area (Å²) in [6.07, 6.45) is -0.704. The lowest BCUT2D eigenvalue weighted by Gasteiger charge is -2.26. The number of fused-ring (bicyclic) bond motifs is 1. The van der Waals surface area contributed by atoms with Gasteiger partial charge in [0.15, 0.2) is 6.61 Å². The molecule has 6 nitrogen and oxygen atoms in total. The summed E-state index contributed by atoms with van der Waals surface area (Å²) >= 11 is 0. The maximum atomic E-state index is 12.5. The van der Waals surface area contributed by atoms with Gasteiger partial charge in [0.2, 0.25) is 6.10 Å². The van der Waals surface area contributed by atoms with Crippen LogP contribution in [0.2, 0.25) is 0 Å². The number of carbonyl (C=O) groups is 2. The van der Waals surface area contributed by atoms with E-state index in [4.69, 9.17) is 9.47 Å². The van der Waals surface area contributed by atoms with Crippen LogP contribution in [0.3, 0.4) is 0 Å². The molecule has 2 amide bonds. The zero-order chi connectivity index (χ0) is 21.1. The van der Waals surface area contributed by atoms with E-state index in [1.165, 1.54) is 0 Å². The van der Waals surface area contributed by atoms with Gasteiger partial charge in [0.25, 0.3) is 11.8 Å². The highest BCUT2D eigenvalue weighted by Gasteiger charge is 2.29. The first-order chi connectivity index (χ1) is 14.5. The van der Waals surface area contributed by atoms with Crippen LogP contribution >= 0.6 is 0 Å². The fourth-order valence-corrected chi connectivity index (χ4v) is 3.24. The molecule has 1 heterocycles. The van der Waals surface area contributed by atoms with Crippen molar-refractivity contribution in [3.8, 4) is 11.5 Å². The van der Waals surface area contributed by atoms with Crippen LogP contribution in [0.15, 0.2) is 66.7 Å². The lowest BCUT2D eigenvalue weighted by molar-refractivity contribution is -0.123. The Morgan fingerprint density at radius 2 is 1.87 bits per heavy atom. The van der Waals surface area contributed by atoms with Crippen LogP contribution in [0.1, 0.15) is 22.8 Å². The van der Waals surface area contributed by atoms with Crippen LogP contribution in [0.4, 0.5) is 11.4 Å². The summed E-state index contributed by atoms with van der Waals surface area (Å²) in [4.78, 5) is 24.8. The Morgan fingerprint density at radius 3 is 2.67 bits per heavy atom. The normalized spacial score (nSPS) is 14.9. The van der Waals surface area contributed by atoms with Crippen molar-refractivity contribution < 1.29 is 19.1 Å². The summed E-state index contributed by atoms with van der Waals surface area (Å²) in [6, 6.07) is 20.3. The zero-order valence-electron chi connectivity index (χ0n) is 16.8. The minimum absolute atomic E-state index is 0.111. The van der Waals surface area contributed by atoms with E-state index in [0.717, 1.165) is 16.7 Å². The Morgan fingerprint density at radius 1 is 1.07 bits per heavy atom. The minimum atomic E-state index is -0.704. The molecular formula is C24H22N2O4. The van der Waals surface area contributed by atoms with Crippen molar-refractivity contribution in [1.82, 2.24) is 0 Å². The third-order valence-electron chi connectivity index (χ3n) is 4.81. The van der Waals surface area contributed by atoms with Crippen LogP contribution in [0.25, 0.3) is 0 Å². The molecule has 3 aromatic carbocycles. The topological polar surface area (TPSA) is 76.7 Å². The first-order valence-electron chi connectivity index (χ1n) is 9.66. The fraction of sp³-hybridized carbons (Fsp3) is 0.167. The smallest absolute Gasteiger partial charge is 0.270 e. The number of nitrogens with one attached hydrogen (secondary N) is 2. The van der Waals surface area contributed by atoms with Crippen LogP contribution in [0, 0.1) is 13.8 Å². The number of hydrogen-bond donors (Lipinski definition) is 2. The average molecular weight is 402 g/mol. The number of anilines is 2. The van der Waals surface area contributed by atoms with Gasteiger partial charge in [-0.05, 0) is 49.2 Å². The van der Waals surface area contributed by atoms with Crippen molar-refractivity contribution in [1.29, 1.82) is 0 Å². The first-order valence-corrected chi connectivity index (χ1v) is 9.66. The highest BCUT2D eigenvalue weighted by atomic mass is 16.5. The van der Waals surface area contributed by atoms with Gasteiger partial charge in [-0.1, -0.05) is 42.5 Å². The summed E-state index contributed by atoms with van der Waals surface area (Å²) in [7, 11) is 0. The number of carbonyl (C=O) groups excluding carboxylic acids is 2. The Labute approximate surface area is 174 Å². The van der Waals surface area contributed by atoms with Crippen molar-refractivity contribution in [2.24, 2.45) is 0 Å². The first kappa shape index (κ1) is 19.5. The molecule has 1 atom stereocenters. The third kappa shape index (κ3) is 4.27. The molecule has 0 aliphatic carbocycles. The Bertz CT molecular complexity index is 1100. The van der Waals surface area contributed by atoms with Crippen molar-refractivity contribution in [2.45, 2.75) is 20.0 Å². The number of rotatable bonds is 5. The van der Waals surface area contributed by atoms with E-state index in [2.05, 4.69) is 10.6 Å². The maximum absolute atomic E-state index is 12.5. The Hall–Kier alpha value is -3.80. The van der Waals surface area contributed by atoms with E-state index in [9.17, 15) is 9.59 Å². The highest BCUT2D eigenvalue weighted by molar-refractivity contribution is 6.00. The molecule has 0 bridgehead atoms. The summed E-state index contributed by atoms with van der Waals surface area (Å²) < 4.78 is 11.5. The van der Waals surface area contributed by atoms with E-state index in [1.807, 2.05) is 62.4 Å². The van der Waals surface area contributed by atoms with E-state index < -0.39 is 6.10 Å². The van der Waals surface area contributed by atoms with Crippen molar-refractivity contribution >= 4 is 23.2 Å². The van der Waals surface area contributed by atoms with Gasteiger partial charge in [-0.2, -0.15) is 0 Å². The molecule has 1 aliphatic heterocycles. The number of amides is 2. The van der Waals surface area contributed by atoms with Gasteiger partial charge in [-0.15, -0.1) is 0 Å². The monoisotopic (exact) mass is 402 g/mol. The van der Waals surface area contributed by atoms with Gasteiger partial charge in [0.05, 0.1) is 5.69 Å². The Kier molecular flexibility index (Phi) is 5.39. The Balaban J connectivity index is 1.41. The van der Waals surface area contributed by atoms with Crippen LogP contribution in [-0.4, -0.2) is 18.4 Å². The van der Waals surface area contributed by atoms with Gasteiger partial charge in [0.1, 0.15) is 11.5 Å². The standard InChI is InChI=1S/C24H22N2O4/c1-15-8-9-16(2)21(12-15)29-14-22(27)25-18-10-11-20-19(13-18)26-24(28)23(30-20)17-6-4-3-5-7-17/h3-13,23H,14H2,1-2H3,(H,25,27)(H,26,28). The van der Waals surface area contributed by atoms with Crippen molar-refractivity contribution in [3.05, 3.63) is 83.4 Å². The lowest BCUT2D eigenvalue weighted by atomic mass is 10.1. The molecule has 0 aromatic heterocycles. The van der Waals surface area contributed by atoms with Crippen molar-refractivity contribution in [3.63, 3.8) is 0 Å². The summed E-state index contributed by atoms with van der Waals surface area (Å²) in [6.45, 7) is 3.79. The zero-order valence-corrected chi connectivity index (χ0v) is 16.8. The number of aryl methyl sites for hydroxylation is 2. The van der Waals surface area contributed by atoms with Gasteiger partial charge in [-0.25, -0.2) is 0 Å². The van der Waals surface area contributed by atoms with Gasteiger partial charge in [0, 0.05) is 11.3 Å². The molecule has 0 saturated heterocycles. The molecule has 0 spiro atoms. The molecule has 0 fully saturated rings. The van der Waals surface area contributed by atoms with Gasteiger partial charge >= 0.3 is 0 Å². The quantitative estimate of drug-likeness (QED) is 0.664. The average Bonchev–Trinajstić information content (AvgIpc) is 2.74. The lowest BCUT2D eigenvalue weighted by Crippen LogP contribution is -2.30. The molecule has 1 aliphatic rings. The fourth-order valence-electron chi connectivity index (χ4n) is 3.24. The number of ether oxygens (including phenoxy) is 2. The molecule has 6 heteroatoms. The molecule has 1 unspecified atom stereocenters. The van der Waals surface area contributed by atoms with Gasteiger partial charge < -0.3 is 20.1 Å². The molecular weight excluding hydrogens is 380 g/mol. The number of hydrogen-bond acceptors (Lipinski definition) is 4. The third-order valence-corrected chi connectivity index (χ3v) is 4.81. The summed E-state index contributed by atoms with van der Waals surface area (Å²) in [5, 5.41) is 5.63. The van der Waals surface area contributed by atoms with E-state index in [-0.39, 0.29) is 18.4 Å². The molecule has 2 N–H and O–H groups in total. The predicted molar refractivity (Wildman–Crippen MR) is 115 cm³/mol. The summed E-state index contributed by atoms with van der Waals surface area (Å²) in [5.41, 5.74) is 3.87. The van der Waals surface area contributed by atoms with Crippen molar-refractivity contribution in [2.75, 3.05) is 17.2 Å². The van der Waals surface area contributed by atoms with E-state index >= 15 is 0 Å². The number of benzene rings is 3. The largest absolute Gasteiger partial charge is 0.483 e. The molecule has 0 radical (unpaired) electrons. The minimum Gasteiger partial charge on any atom is -0.483 e. The highest BCUT2D eigenvalue weighted by Crippen LogP contribution is 2.36. The van der Waals surface area contributed by atoms with Gasteiger partial charge in [-0.3, -0.25) is 9.59 Å². The second kappa shape index (κ2) is 8.29. The second-order valence-electron chi connectivity index (χ2n) is 7.21. The molecule has 0 saturated carbocycles. The maximum Gasteiger partial charge on any atom is 0.270 e. The SMILES string of the molecule is Cc1ccc(C)c(OCC(=O)Nc2ccc3c(c2)NC(=O)C(c2ccccc2)O3)c1. The van der Waals surface area contributed by atoms with Crippen LogP contribution in [0.5, 0.6) is 11.5 Å². The second-order valence-corrected chi connectivity index (χ2v) is 7.21. The summed E-state index contributed by atoms with van der Waals surface area (Å²) in [5.74, 6) is 0.688. The molecule has 152 valence electrons. The molecule has 4 rings (SSSR count). The van der Waals surface area contributed by atoms with Crippen LogP contribution in [-0.2, 0) is 9.59 Å². The molecule has 30 heavy (non-hydrogen) atoms.